The van der Waals surface area contributed by atoms with E-state index in [0.717, 1.165) is 5.57 Å². The SMILES string of the molecule is C/C=C(\C)C(C)O[Se]O. The molecule has 0 rings (SSSR count). The van der Waals surface area contributed by atoms with Crippen molar-refractivity contribution < 1.29 is 8.01 Å². The van der Waals surface area contributed by atoms with Crippen LogP contribution in [0.3, 0.4) is 0 Å². The van der Waals surface area contributed by atoms with Crippen LogP contribution >= 0.6 is 0 Å². The monoisotopic (exact) mass is 196 g/mol. The second kappa shape index (κ2) is 5.00. The molecule has 0 aromatic rings. The predicted molar refractivity (Wildman–Crippen MR) is 38.0 cm³/mol. The summed E-state index contributed by atoms with van der Waals surface area (Å²) in [5.74, 6) is 0. The maximum atomic E-state index is 8.39. The van der Waals surface area contributed by atoms with Gasteiger partial charge in [-0.15, -0.1) is 0 Å². The van der Waals surface area contributed by atoms with Crippen LogP contribution in [0, 0.1) is 0 Å². The Kier molecular flexibility index (Phi) is 5.10. The fourth-order valence-corrected chi connectivity index (χ4v) is 0.964. The van der Waals surface area contributed by atoms with E-state index in [0.29, 0.717) is 0 Å². The third-order valence-electron chi connectivity index (χ3n) is 1.28. The molecule has 1 N–H and O–H groups in total. The van der Waals surface area contributed by atoms with Crippen molar-refractivity contribution in [3.05, 3.63) is 11.6 Å². The molecule has 1 unspecified atom stereocenters. The molecule has 0 heterocycles. The standard InChI is InChI=1S/C6H12O2Se/c1-4-5(2)6(3)8-9-7/h4,6-7H,1-3H3/b5-4+. The quantitative estimate of drug-likeness (QED) is 0.535. The molecule has 0 amide bonds. The molecule has 9 heavy (non-hydrogen) atoms. The summed E-state index contributed by atoms with van der Waals surface area (Å²) >= 11 is -0.663. The van der Waals surface area contributed by atoms with Gasteiger partial charge < -0.3 is 0 Å². The molecule has 2 nitrogen and oxygen atoms in total. The van der Waals surface area contributed by atoms with Crippen molar-refractivity contribution in [2.24, 2.45) is 0 Å². The first kappa shape index (κ1) is 9.18. The van der Waals surface area contributed by atoms with Gasteiger partial charge >= 0.3 is 62.1 Å². The third-order valence-corrected chi connectivity index (χ3v) is 2.07. The average Bonchev–Trinajstić information content (AvgIpc) is 1.87. The van der Waals surface area contributed by atoms with Gasteiger partial charge in [0.15, 0.2) is 0 Å². The van der Waals surface area contributed by atoms with Crippen LogP contribution < -0.4 is 0 Å². The van der Waals surface area contributed by atoms with Gasteiger partial charge in [-0.25, -0.2) is 0 Å². The molecule has 0 fully saturated rings. The van der Waals surface area contributed by atoms with Gasteiger partial charge in [-0.3, -0.25) is 0 Å². The van der Waals surface area contributed by atoms with Gasteiger partial charge in [0.2, 0.25) is 0 Å². The summed E-state index contributed by atoms with van der Waals surface area (Å²) in [4.78, 5) is 0. The molecule has 1 atom stereocenters. The molecule has 0 aliphatic rings. The van der Waals surface area contributed by atoms with E-state index >= 15 is 0 Å². The van der Waals surface area contributed by atoms with Crippen molar-refractivity contribution in [1.82, 2.24) is 0 Å². The Balaban J connectivity index is 3.59. The molecule has 0 spiro atoms. The van der Waals surface area contributed by atoms with Crippen molar-refractivity contribution in [1.29, 1.82) is 0 Å². The molecule has 0 aromatic carbocycles. The van der Waals surface area contributed by atoms with E-state index in [2.05, 4.69) is 0 Å². The van der Waals surface area contributed by atoms with E-state index < -0.39 is 15.6 Å². The van der Waals surface area contributed by atoms with Gasteiger partial charge in [0.1, 0.15) is 0 Å². The van der Waals surface area contributed by atoms with Crippen LogP contribution in [-0.2, 0) is 3.82 Å². The second-order valence-electron chi connectivity index (χ2n) is 1.85. The molecular weight excluding hydrogens is 183 g/mol. The molecule has 0 bridgehead atoms. The summed E-state index contributed by atoms with van der Waals surface area (Å²) in [6.45, 7) is 5.86. The zero-order chi connectivity index (χ0) is 7.28. The van der Waals surface area contributed by atoms with Crippen molar-refractivity contribution in [3.8, 4) is 0 Å². The van der Waals surface area contributed by atoms with Crippen molar-refractivity contribution >= 4 is 15.6 Å². The minimum absolute atomic E-state index is 0.0694. The van der Waals surface area contributed by atoms with E-state index in [1.54, 1.807) is 0 Å². The molecule has 54 valence electrons. The number of allylic oxidation sites excluding steroid dienone is 1. The second-order valence-corrected chi connectivity index (χ2v) is 2.56. The molecule has 3 heteroatoms. The van der Waals surface area contributed by atoms with Gasteiger partial charge in [-0.2, -0.15) is 0 Å². The molecular formula is C6H12O2Se. The zero-order valence-corrected chi connectivity index (χ0v) is 7.63. The van der Waals surface area contributed by atoms with E-state index in [1.807, 2.05) is 26.8 Å². The number of rotatable bonds is 3. The summed E-state index contributed by atoms with van der Waals surface area (Å²) in [7, 11) is 0. The van der Waals surface area contributed by atoms with Gasteiger partial charge in [0.25, 0.3) is 0 Å². The Bertz CT molecular complexity index is 101. The van der Waals surface area contributed by atoms with Crippen LogP contribution in [0.15, 0.2) is 11.6 Å². The number of hydrogen-bond donors (Lipinski definition) is 1. The Morgan fingerprint density at radius 3 is 2.67 bits per heavy atom. The van der Waals surface area contributed by atoms with Crippen LogP contribution in [0.5, 0.6) is 0 Å². The number of hydrogen-bond acceptors (Lipinski definition) is 2. The fraction of sp³-hybridized carbons (Fsp3) is 0.667. The Labute approximate surface area is 62.7 Å². The Hall–Kier alpha value is 0.179. The van der Waals surface area contributed by atoms with Crippen molar-refractivity contribution in [2.75, 3.05) is 0 Å². The van der Waals surface area contributed by atoms with Crippen LogP contribution in [0.4, 0.5) is 0 Å². The minimum atomic E-state index is -0.663. The van der Waals surface area contributed by atoms with Crippen molar-refractivity contribution in [2.45, 2.75) is 26.9 Å². The van der Waals surface area contributed by atoms with Gasteiger partial charge in [0, 0.05) is 0 Å². The van der Waals surface area contributed by atoms with Crippen LogP contribution in [-0.4, -0.2) is 25.9 Å². The summed E-state index contributed by atoms with van der Waals surface area (Å²) in [5.41, 5.74) is 1.16. The molecule has 0 aliphatic heterocycles. The normalized spacial score (nSPS) is 15.8. The van der Waals surface area contributed by atoms with Gasteiger partial charge in [0.05, 0.1) is 0 Å². The predicted octanol–water partition coefficient (Wildman–Crippen LogP) is 0.884. The van der Waals surface area contributed by atoms with Crippen LogP contribution in [0.1, 0.15) is 20.8 Å². The van der Waals surface area contributed by atoms with E-state index in [9.17, 15) is 0 Å². The zero-order valence-electron chi connectivity index (χ0n) is 5.92. The average molecular weight is 195 g/mol. The van der Waals surface area contributed by atoms with E-state index in [-0.39, 0.29) is 6.10 Å². The van der Waals surface area contributed by atoms with Crippen LogP contribution in [0.25, 0.3) is 0 Å². The summed E-state index contributed by atoms with van der Waals surface area (Å²) in [5, 5.41) is 0. The van der Waals surface area contributed by atoms with Gasteiger partial charge in [-0.1, -0.05) is 0 Å². The first-order valence-electron chi connectivity index (χ1n) is 2.82. The molecule has 0 radical (unpaired) electrons. The Morgan fingerprint density at radius 2 is 2.33 bits per heavy atom. The van der Waals surface area contributed by atoms with Crippen molar-refractivity contribution in [3.63, 3.8) is 0 Å². The molecule has 0 aliphatic carbocycles. The first-order chi connectivity index (χ1) is 4.22. The van der Waals surface area contributed by atoms with Crippen LogP contribution in [0.2, 0.25) is 0 Å². The summed E-state index contributed by atoms with van der Waals surface area (Å²) in [6, 6.07) is 0. The fourth-order valence-electron chi connectivity index (χ4n) is 0.375. The first-order valence-corrected chi connectivity index (χ1v) is 4.28. The topological polar surface area (TPSA) is 29.5 Å². The summed E-state index contributed by atoms with van der Waals surface area (Å²) in [6.07, 6.45) is 2.05. The summed E-state index contributed by atoms with van der Waals surface area (Å²) < 4.78 is 13.3. The van der Waals surface area contributed by atoms with E-state index in [4.69, 9.17) is 8.01 Å². The molecule has 0 saturated carbocycles. The van der Waals surface area contributed by atoms with E-state index in [1.165, 1.54) is 0 Å². The molecule has 0 aromatic heterocycles. The maximum absolute atomic E-state index is 8.39. The molecule has 0 saturated heterocycles. The third kappa shape index (κ3) is 3.71. The van der Waals surface area contributed by atoms with Gasteiger partial charge in [-0.05, 0) is 0 Å². The Morgan fingerprint density at radius 1 is 1.78 bits per heavy atom.